The molecule has 0 spiro atoms. The van der Waals surface area contributed by atoms with E-state index in [0.717, 1.165) is 13.0 Å². The summed E-state index contributed by atoms with van der Waals surface area (Å²) in [6.07, 6.45) is 0.777. The van der Waals surface area contributed by atoms with Crippen LogP contribution in [0.1, 0.15) is 16.9 Å². The van der Waals surface area contributed by atoms with E-state index in [-0.39, 0.29) is 33.5 Å². The number of amides is 2. The molecule has 25 heavy (non-hydrogen) atoms. The highest BCUT2D eigenvalue weighted by Gasteiger charge is 2.43. The van der Waals surface area contributed by atoms with Crippen LogP contribution < -0.4 is 0 Å². The number of hydrogen-bond acceptors (Lipinski definition) is 2. The van der Waals surface area contributed by atoms with Gasteiger partial charge in [0.25, 0.3) is 5.91 Å². The number of halogens is 3. The molecule has 2 aliphatic heterocycles. The largest absolute Gasteiger partial charge is 0.349 e. The Morgan fingerprint density at radius 1 is 1.28 bits per heavy atom. The molecule has 0 saturated carbocycles. The van der Waals surface area contributed by atoms with Gasteiger partial charge in [0.05, 0.1) is 16.0 Å². The fourth-order valence-corrected chi connectivity index (χ4v) is 4.53. The fraction of sp³-hybridized carbons (Fsp3) is 0.412. The first-order valence-corrected chi connectivity index (χ1v) is 8.83. The summed E-state index contributed by atoms with van der Waals surface area (Å²) in [5, 5.41) is 0.309. The number of aromatic amines is 1. The summed E-state index contributed by atoms with van der Waals surface area (Å²) in [6, 6.07) is 2.73. The maximum Gasteiger partial charge on any atom is 0.271 e. The van der Waals surface area contributed by atoms with Gasteiger partial charge in [-0.05, 0) is 24.5 Å². The van der Waals surface area contributed by atoms with Gasteiger partial charge in [-0.3, -0.25) is 9.59 Å². The molecule has 2 fully saturated rings. The molecule has 1 aromatic heterocycles. The fourth-order valence-electron chi connectivity index (χ4n) is 3.90. The van der Waals surface area contributed by atoms with Gasteiger partial charge in [0.15, 0.2) is 0 Å². The van der Waals surface area contributed by atoms with Gasteiger partial charge in [-0.2, -0.15) is 0 Å². The van der Waals surface area contributed by atoms with Gasteiger partial charge in [-0.1, -0.05) is 23.2 Å². The van der Waals surface area contributed by atoms with E-state index in [1.807, 2.05) is 0 Å². The molecule has 0 aliphatic carbocycles. The monoisotopic (exact) mass is 383 g/mol. The van der Waals surface area contributed by atoms with Gasteiger partial charge < -0.3 is 14.8 Å². The van der Waals surface area contributed by atoms with Crippen LogP contribution in [0.25, 0.3) is 10.9 Å². The van der Waals surface area contributed by atoms with Crippen LogP contribution in [0.2, 0.25) is 10.0 Å². The Balaban J connectivity index is 1.66. The van der Waals surface area contributed by atoms with Crippen molar-refractivity contribution < 1.29 is 14.0 Å². The molecule has 132 valence electrons. The van der Waals surface area contributed by atoms with Crippen molar-refractivity contribution in [3.63, 3.8) is 0 Å². The van der Waals surface area contributed by atoms with E-state index in [2.05, 4.69) is 4.98 Å². The van der Waals surface area contributed by atoms with E-state index in [0.29, 0.717) is 29.9 Å². The number of benzene rings is 1. The molecule has 5 nitrogen and oxygen atoms in total. The van der Waals surface area contributed by atoms with Crippen molar-refractivity contribution in [3.05, 3.63) is 33.7 Å². The molecule has 1 aromatic carbocycles. The number of rotatable bonds is 1. The van der Waals surface area contributed by atoms with Crippen LogP contribution in [0, 0.1) is 17.7 Å². The first kappa shape index (κ1) is 16.7. The highest BCUT2D eigenvalue weighted by atomic mass is 35.5. The van der Waals surface area contributed by atoms with Gasteiger partial charge in [-0.25, -0.2) is 4.39 Å². The minimum absolute atomic E-state index is 0.0790. The number of hydrogen-bond donors (Lipinski definition) is 1. The Morgan fingerprint density at radius 3 is 2.80 bits per heavy atom. The standard InChI is InChI=1S/C17H16Cl2FN3O2/c1-22-6-8-4-5-23(7-9(8)16(22)24)17(25)15-14(19)12-11(21-15)3-2-10(20)13(12)18/h2-3,8-9,21H,4-7H2,1H3. The van der Waals surface area contributed by atoms with Gasteiger partial charge in [0, 0.05) is 37.6 Å². The lowest BCUT2D eigenvalue weighted by atomic mass is 9.88. The molecular weight excluding hydrogens is 368 g/mol. The maximum atomic E-state index is 13.7. The zero-order chi connectivity index (χ0) is 17.9. The first-order valence-electron chi connectivity index (χ1n) is 8.08. The summed E-state index contributed by atoms with van der Waals surface area (Å²) in [5.41, 5.74) is 0.688. The second-order valence-corrected chi connectivity index (χ2v) is 7.48. The molecule has 2 aliphatic rings. The van der Waals surface area contributed by atoms with Crippen molar-refractivity contribution in [2.45, 2.75) is 6.42 Å². The molecular formula is C17H16Cl2FN3O2. The molecule has 2 saturated heterocycles. The lowest BCUT2D eigenvalue weighted by Crippen LogP contribution is -2.44. The topological polar surface area (TPSA) is 56.4 Å². The number of nitrogens with one attached hydrogen (secondary N) is 1. The molecule has 3 heterocycles. The van der Waals surface area contributed by atoms with E-state index >= 15 is 0 Å². The molecule has 0 radical (unpaired) electrons. The van der Waals surface area contributed by atoms with E-state index in [4.69, 9.17) is 23.2 Å². The minimum atomic E-state index is -0.588. The Kier molecular flexibility index (Phi) is 3.92. The van der Waals surface area contributed by atoms with Crippen molar-refractivity contribution in [2.24, 2.45) is 11.8 Å². The average Bonchev–Trinajstić information content (AvgIpc) is 3.08. The third kappa shape index (κ3) is 2.50. The van der Waals surface area contributed by atoms with Gasteiger partial charge in [-0.15, -0.1) is 0 Å². The summed E-state index contributed by atoms with van der Waals surface area (Å²) >= 11 is 12.3. The van der Waals surface area contributed by atoms with E-state index in [9.17, 15) is 14.0 Å². The van der Waals surface area contributed by atoms with Crippen LogP contribution in [0.5, 0.6) is 0 Å². The van der Waals surface area contributed by atoms with Crippen LogP contribution in [-0.2, 0) is 4.79 Å². The third-order valence-corrected chi connectivity index (χ3v) is 6.00. The van der Waals surface area contributed by atoms with Crippen LogP contribution in [0.3, 0.4) is 0 Å². The number of fused-ring (bicyclic) bond motifs is 2. The quantitative estimate of drug-likeness (QED) is 0.821. The number of likely N-dealkylation sites (tertiary alicyclic amines) is 2. The lowest BCUT2D eigenvalue weighted by Gasteiger charge is -2.33. The normalized spacial score (nSPS) is 23.4. The SMILES string of the molecule is CN1CC2CCN(C(=O)c3[nH]c4ccc(F)c(Cl)c4c3Cl)CC2C1=O. The van der Waals surface area contributed by atoms with Crippen molar-refractivity contribution in [1.82, 2.24) is 14.8 Å². The van der Waals surface area contributed by atoms with Crippen LogP contribution in [-0.4, -0.2) is 53.3 Å². The predicted molar refractivity (Wildman–Crippen MR) is 93.4 cm³/mol. The van der Waals surface area contributed by atoms with E-state index in [1.165, 1.54) is 12.1 Å². The Hall–Kier alpha value is -1.79. The molecule has 2 aromatic rings. The Bertz CT molecular complexity index is 898. The number of piperidine rings is 1. The predicted octanol–water partition coefficient (Wildman–Crippen LogP) is 3.16. The number of aromatic nitrogens is 1. The number of nitrogens with zero attached hydrogens (tertiary/aromatic N) is 2. The van der Waals surface area contributed by atoms with E-state index < -0.39 is 5.82 Å². The molecule has 2 atom stereocenters. The smallest absolute Gasteiger partial charge is 0.271 e. The van der Waals surface area contributed by atoms with Gasteiger partial charge in [0.1, 0.15) is 11.5 Å². The van der Waals surface area contributed by atoms with Crippen molar-refractivity contribution in [3.8, 4) is 0 Å². The first-order chi connectivity index (χ1) is 11.9. The average molecular weight is 384 g/mol. The molecule has 2 amide bonds. The summed E-state index contributed by atoms with van der Waals surface area (Å²) in [7, 11) is 1.79. The lowest BCUT2D eigenvalue weighted by molar-refractivity contribution is -0.130. The summed E-state index contributed by atoms with van der Waals surface area (Å²) in [4.78, 5) is 31.4. The Labute approximate surface area is 153 Å². The Morgan fingerprint density at radius 2 is 2.04 bits per heavy atom. The minimum Gasteiger partial charge on any atom is -0.349 e. The van der Waals surface area contributed by atoms with Gasteiger partial charge in [0.2, 0.25) is 5.91 Å². The highest BCUT2D eigenvalue weighted by Crippen LogP contribution is 2.37. The number of carbonyl (C=O) groups is 2. The van der Waals surface area contributed by atoms with Crippen molar-refractivity contribution in [1.29, 1.82) is 0 Å². The van der Waals surface area contributed by atoms with Crippen LogP contribution in [0.15, 0.2) is 12.1 Å². The third-order valence-electron chi connectivity index (χ3n) is 5.25. The highest BCUT2D eigenvalue weighted by molar-refractivity contribution is 6.44. The molecule has 8 heteroatoms. The second-order valence-electron chi connectivity index (χ2n) is 6.72. The van der Waals surface area contributed by atoms with Crippen LogP contribution >= 0.6 is 23.2 Å². The summed E-state index contributed by atoms with van der Waals surface area (Å²) in [6.45, 7) is 1.68. The molecule has 0 bridgehead atoms. The van der Waals surface area contributed by atoms with Gasteiger partial charge >= 0.3 is 0 Å². The molecule has 2 unspecified atom stereocenters. The molecule has 1 N–H and O–H groups in total. The number of H-pyrrole nitrogens is 1. The number of carbonyl (C=O) groups excluding carboxylic acids is 2. The maximum absolute atomic E-state index is 13.7. The zero-order valence-corrected chi connectivity index (χ0v) is 15.0. The van der Waals surface area contributed by atoms with Crippen LogP contribution in [0.4, 0.5) is 4.39 Å². The van der Waals surface area contributed by atoms with Crippen molar-refractivity contribution >= 4 is 45.9 Å². The van der Waals surface area contributed by atoms with E-state index in [1.54, 1.807) is 16.8 Å². The molecule has 4 rings (SSSR count). The second kappa shape index (κ2) is 5.88. The summed E-state index contributed by atoms with van der Waals surface area (Å²) < 4.78 is 13.7. The zero-order valence-electron chi connectivity index (χ0n) is 13.5. The van der Waals surface area contributed by atoms with Crippen molar-refractivity contribution in [2.75, 3.05) is 26.7 Å². The summed E-state index contributed by atoms with van der Waals surface area (Å²) in [5.74, 6) is -0.668.